The lowest BCUT2D eigenvalue weighted by atomic mass is 10.0. The minimum atomic E-state index is -3.30. The van der Waals surface area contributed by atoms with Gasteiger partial charge < -0.3 is 15.2 Å². The molecule has 6 nitrogen and oxygen atoms in total. The third kappa shape index (κ3) is 3.68. The molecule has 0 fully saturated rings. The molecule has 1 aliphatic heterocycles. The van der Waals surface area contributed by atoms with Gasteiger partial charge in [-0.1, -0.05) is 12.1 Å². The fraction of sp³-hybridized carbons (Fsp3) is 0.250. The van der Waals surface area contributed by atoms with E-state index in [4.69, 9.17) is 15.2 Å². The zero-order valence-electron chi connectivity index (χ0n) is 12.7. The highest BCUT2D eigenvalue weighted by molar-refractivity contribution is 7.92. The number of nitrogens with two attached hydrogens (primary N) is 1. The molecule has 0 atom stereocenters. The molecule has 0 aromatic heterocycles. The molecule has 0 unspecified atom stereocenters. The molecule has 2 aromatic rings. The lowest BCUT2D eigenvalue weighted by Gasteiger charge is -2.14. The second-order valence-corrected chi connectivity index (χ2v) is 7.15. The molecule has 0 aliphatic carbocycles. The Bertz CT molecular complexity index is 817. The van der Waals surface area contributed by atoms with Crippen LogP contribution < -0.4 is 19.9 Å². The average molecular weight is 334 g/mol. The number of ether oxygens (including phenoxy) is 2. The maximum Gasteiger partial charge on any atom is 0.229 e. The van der Waals surface area contributed by atoms with Crippen molar-refractivity contribution in [3.05, 3.63) is 36.4 Å². The molecule has 0 radical (unpaired) electrons. The van der Waals surface area contributed by atoms with Gasteiger partial charge in [-0.25, -0.2) is 8.42 Å². The lowest BCUT2D eigenvalue weighted by Crippen LogP contribution is -2.09. The van der Waals surface area contributed by atoms with E-state index >= 15 is 0 Å². The van der Waals surface area contributed by atoms with Crippen molar-refractivity contribution in [1.82, 2.24) is 0 Å². The third-order valence-corrected chi connectivity index (χ3v) is 3.98. The summed E-state index contributed by atoms with van der Waals surface area (Å²) in [5.41, 5.74) is 8.75. The molecule has 0 saturated heterocycles. The van der Waals surface area contributed by atoms with Crippen molar-refractivity contribution in [2.75, 3.05) is 29.9 Å². The number of hydrogen-bond acceptors (Lipinski definition) is 5. The first-order valence-electron chi connectivity index (χ1n) is 7.20. The molecule has 1 heterocycles. The van der Waals surface area contributed by atoms with Crippen LogP contribution in [0.5, 0.6) is 11.5 Å². The van der Waals surface area contributed by atoms with Gasteiger partial charge in [-0.15, -0.1) is 0 Å². The fourth-order valence-electron chi connectivity index (χ4n) is 2.44. The SMILES string of the molecule is CS(=O)(=O)Nc1ccc(-c2cc(N)cc3c2OCCCO3)cc1. The summed E-state index contributed by atoms with van der Waals surface area (Å²) in [5.74, 6) is 1.30. The van der Waals surface area contributed by atoms with Crippen LogP contribution in [0.25, 0.3) is 11.1 Å². The minimum Gasteiger partial charge on any atom is -0.489 e. The molecule has 3 rings (SSSR count). The maximum absolute atomic E-state index is 11.3. The van der Waals surface area contributed by atoms with Crippen molar-refractivity contribution in [3.63, 3.8) is 0 Å². The molecule has 122 valence electrons. The summed E-state index contributed by atoms with van der Waals surface area (Å²) in [6.07, 6.45) is 1.93. The van der Waals surface area contributed by atoms with Gasteiger partial charge >= 0.3 is 0 Å². The highest BCUT2D eigenvalue weighted by Gasteiger charge is 2.17. The smallest absolute Gasteiger partial charge is 0.229 e. The van der Waals surface area contributed by atoms with Gasteiger partial charge in [-0.05, 0) is 23.8 Å². The van der Waals surface area contributed by atoms with E-state index in [1.807, 2.05) is 18.2 Å². The van der Waals surface area contributed by atoms with Gasteiger partial charge in [-0.3, -0.25) is 4.72 Å². The van der Waals surface area contributed by atoms with Crippen LogP contribution in [-0.2, 0) is 10.0 Å². The lowest BCUT2D eigenvalue weighted by molar-refractivity contribution is 0.297. The predicted molar refractivity (Wildman–Crippen MR) is 90.4 cm³/mol. The summed E-state index contributed by atoms with van der Waals surface area (Å²) in [6.45, 7) is 1.17. The number of nitrogen functional groups attached to an aromatic ring is 1. The van der Waals surface area contributed by atoms with E-state index in [1.54, 1.807) is 18.2 Å². The molecule has 3 N–H and O–H groups in total. The first kappa shape index (κ1) is 15.5. The normalized spacial score (nSPS) is 14.1. The zero-order valence-corrected chi connectivity index (χ0v) is 13.5. The monoisotopic (exact) mass is 334 g/mol. The summed E-state index contributed by atoms with van der Waals surface area (Å²) < 4.78 is 36.5. The summed E-state index contributed by atoms with van der Waals surface area (Å²) in [7, 11) is -3.30. The van der Waals surface area contributed by atoms with Crippen LogP contribution in [0, 0.1) is 0 Å². The number of sulfonamides is 1. The van der Waals surface area contributed by atoms with Crippen LogP contribution >= 0.6 is 0 Å². The summed E-state index contributed by atoms with van der Waals surface area (Å²) >= 11 is 0. The summed E-state index contributed by atoms with van der Waals surface area (Å²) in [6, 6.07) is 10.6. The number of rotatable bonds is 3. The fourth-order valence-corrected chi connectivity index (χ4v) is 3.01. The van der Waals surface area contributed by atoms with Crippen molar-refractivity contribution in [2.24, 2.45) is 0 Å². The molecule has 0 bridgehead atoms. The Balaban J connectivity index is 2.00. The number of benzene rings is 2. The first-order valence-corrected chi connectivity index (χ1v) is 9.09. The van der Waals surface area contributed by atoms with Crippen LogP contribution in [0.15, 0.2) is 36.4 Å². The van der Waals surface area contributed by atoms with Crippen LogP contribution in [0.1, 0.15) is 6.42 Å². The predicted octanol–water partition coefficient (Wildman–Crippen LogP) is 2.47. The van der Waals surface area contributed by atoms with Gasteiger partial charge in [0, 0.05) is 29.4 Å². The van der Waals surface area contributed by atoms with Gasteiger partial charge in [-0.2, -0.15) is 0 Å². The molecular weight excluding hydrogens is 316 g/mol. The van der Waals surface area contributed by atoms with Gasteiger partial charge in [0.2, 0.25) is 10.0 Å². The topological polar surface area (TPSA) is 90.7 Å². The highest BCUT2D eigenvalue weighted by Crippen LogP contribution is 2.41. The van der Waals surface area contributed by atoms with E-state index in [9.17, 15) is 8.42 Å². The highest BCUT2D eigenvalue weighted by atomic mass is 32.2. The summed E-state index contributed by atoms with van der Waals surface area (Å²) in [5, 5.41) is 0. The van der Waals surface area contributed by atoms with Crippen LogP contribution in [0.3, 0.4) is 0 Å². The molecule has 0 saturated carbocycles. The van der Waals surface area contributed by atoms with Gasteiger partial charge in [0.25, 0.3) is 0 Å². The Hall–Kier alpha value is -2.41. The van der Waals surface area contributed by atoms with Gasteiger partial charge in [0.05, 0.1) is 19.5 Å². The minimum absolute atomic E-state index is 0.503. The van der Waals surface area contributed by atoms with Crippen molar-refractivity contribution in [1.29, 1.82) is 0 Å². The van der Waals surface area contributed by atoms with Gasteiger partial charge in [0.1, 0.15) is 0 Å². The number of nitrogens with one attached hydrogen (secondary N) is 1. The molecule has 1 aliphatic rings. The van der Waals surface area contributed by atoms with Crippen LogP contribution in [0.2, 0.25) is 0 Å². The van der Waals surface area contributed by atoms with Crippen molar-refractivity contribution in [2.45, 2.75) is 6.42 Å². The average Bonchev–Trinajstić information content (AvgIpc) is 2.71. The van der Waals surface area contributed by atoms with E-state index in [0.717, 1.165) is 23.8 Å². The standard InChI is InChI=1S/C16H18N2O4S/c1-23(19,20)18-13-5-3-11(4-6-13)14-9-12(17)10-15-16(14)22-8-2-7-21-15/h3-6,9-10,18H,2,7-8,17H2,1H3. The number of fused-ring (bicyclic) bond motifs is 1. The van der Waals surface area contributed by atoms with Crippen LogP contribution in [-0.4, -0.2) is 27.9 Å². The second-order valence-electron chi connectivity index (χ2n) is 5.40. The van der Waals surface area contributed by atoms with E-state index in [2.05, 4.69) is 4.72 Å². The molecule has 7 heteroatoms. The Morgan fingerprint density at radius 3 is 2.48 bits per heavy atom. The van der Waals surface area contributed by atoms with Crippen molar-refractivity contribution >= 4 is 21.4 Å². The second kappa shape index (κ2) is 6.00. The Morgan fingerprint density at radius 2 is 1.78 bits per heavy atom. The molecule has 0 amide bonds. The first-order chi connectivity index (χ1) is 10.9. The molecular formula is C16H18N2O4S. The number of hydrogen-bond donors (Lipinski definition) is 2. The molecule has 2 aromatic carbocycles. The van der Waals surface area contributed by atoms with E-state index in [-0.39, 0.29) is 0 Å². The zero-order chi connectivity index (χ0) is 16.4. The Labute approximate surface area is 135 Å². The molecule has 0 spiro atoms. The Morgan fingerprint density at radius 1 is 1.09 bits per heavy atom. The van der Waals surface area contributed by atoms with Crippen molar-refractivity contribution < 1.29 is 17.9 Å². The van der Waals surface area contributed by atoms with E-state index < -0.39 is 10.0 Å². The quantitative estimate of drug-likeness (QED) is 0.842. The van der Waals surface area contributed by atoms with E-state index in [1.165, 1.54) is 0 Å². The Kier molecular flexibility index (Phi) is 4.04. The van der Waals surface area contributed by atoms with E-state index in [0.29, 0.717) is 36.1 Å². The summed E-state index contributed by atoms with van der Waals surface area (Å²) in [4.78, 5) is 0. The van der Waals surface area contributed by atoms with Crippen molar-refractivity contribution in [3.8, 4) is 22.6 Å². The van der Waals surface area contributed by atoms with Crippen LogP contribution in [0.4, 0.5) is 11.4 Å². The number of anilines is 2. The van der Waals surface area contributed by atoms with Gasteiger partial charge in [0.15, 0.2) is 11.5 Å². The largest absolute Gasteiger partial charge is 0.489 e. The third-order valence-electron chi connectivity index (χ3n) is 3.37. The molecule has 23 heavy (non-hydrogen) atoms. The maximum atomic E-state index is 11.3.